The molecule has 0 saturated carbocycles. The second kappa shape index (κ2) is 9.35. The van der Waals surface area contributed by atoms with E-state index in [2.05, 4.69) is 16.6 Å². The van der Waals surface area contributed by atoms with Crippen LogP contribution in [0.3, 0.4) is 0 Å². The van der Waals surface area contributed by atoms with Gasteiger partial charge in [-0.2, -0.15) is 0 Å². The molecule has 0 radical (unpaired) electrons. The number of esters is 1. The van der Waals surface area contributed by atoms with Crippen LogP contribution in [-0.2, 0) is 24.1 Å². The van der Waals surface area contributed by atoms with Crippen LogP contribution in [-0.4, -0.2) is 51.7 Å². The van der Waals surface area contributed by atoms with E-state index in [-0.39, 0.29) is 24.5 Å². The molecule has 20 heavy (non-hydrogen) atoms. The number of carbonyl (C=O) groups excluding carboxylic acids is 2. The lowest BCUT2D eigenvalue weighted by atomic mass is 10.4. The number of ether oxygens (including phenoxy) is 2. The number of sulfone groups is 1. The molecule has 0 saturated heterocycles. The molecule has 0 aromatic carbocycles. The van der Waals surface area contributed by atoms with Gasteiger partial charge < -0.3 is 14.8 Å². The van der Waals surface area contributed by atoms with Gasteiger partial charge in [0.1, 0.15) is 6.61 Å². The molecule has 0 aromatic heterocycles. The minimum absolute atomic E-state index is 0.137. The zero-order chi connectivity index (χ0) is 15.6. The number of alkyl carbamates (subject to hydrolysis) is 1. The molecule has 0 heterocycles. The zero-order valence-electron chi connectivity index (χ0n) is 11.8. The van der Waals surface area contributed by atoms with Crippen molar-refractivity contribution >= 4 is 21.9 Å². The Morgan fingerprint density at radius 2 is 1.85 bits per heavy atom. The summed E-state index contributed by atoms with van der Waals surface area (Å²) in [5, 5.41) is 2.45. The minimum Gasteiger partial charge on any atom is -0.463 e. The van der Waals surface area contributed by atoms with Gasteiger partial charge in [0, 0.05) is 12.1 Å². The summed E-state index contributed by atoms with van der Waals surface area (Å²) in [6.45, 7) is 7.21. The lowest BCUT2D eigenvalue weighted by molar-refractivity contribution is -0.138. The molecule has 1 amide bonds. The first-order valence-corrected chi connectivity index (χ1v) is 8.10. The maximum absolute atomic E-state index is 11.7. The SMILES string of the molecule is C=C(CS(=O)(=O)CCOC(=O)NCCC)C(=O)OCC. The van der Waals surface area contributed by atoms with Crippen LogP contribution < -0.4 is 5.32 Å². The summed E-state index contributed by atoms with van der Waals surface area (Å²) in [6, 6.07) is 0. The Kier molecular flexibility index (Phi) is 8.62. The van der Waals surface area contributed by atoms with E-state index in [0.29, 0.717) is 6.54 Å². The van der Waals surface area contributed by atoms with Gasteiger partial charge in [-0.1, -0.05) is 13.5 Å². The molecule has 0 rings (SSSR count). The predicted molar refractivity (Wildman–Crippen MR) is 74.1 cm³/mol. The molecule has 0 aliphatic carbocycles. The molecular weight excluding hydrogens is 286 g/mol. The molecular formula is C12H21NO6S. The fraction of sp³-hybridized carbons (Fsp3) is 0.667. The summed E-state index contributed by atoms with van der Waals surface area (Å²) in [6.07, 6.45) is 0.0958. The lowest BCUT2D eigenvalue weighted by Gasteiger charge is -2.08. The van der Waals surface area contributed by atoms with E-state index >= 15 is 0 Å². The van der Waals surface area contributed by atoms with Gasteiger partial charge in [0.2, 0.25) is 0 Å². The first-order chi connectivity index (χ1) is 9.32. The van der Waals surface area contributed by atoms with Crippen molar-refractivity contribution in [3.8, 4) is 0 Å². The number of hydrogen-bond donors (Lipinski definition) is 1. The highest BCUT2D eigenvalue weighted by Gasteiger charge is 2.18. The second-order valence-corrected chi connectivity index (χ2v) is 6.16. The van der Waals surface area contributed by atoms with Gasteiger partial charge in [-0.25, -0.2) is 18.0 Å². The zero-order valence-corrected chi connectivity index (χ0v) is 12.6. The molecule has 0 fully saturated rings. The highest BCUT2D eigenvalue weighted by Crippen LogP contribution is 2.02. The Bertz CT molecular complexity index is 443. The van der Waals surface area contributed by atoms with Gasteiger partial charge in [0.25, 0.3) is 0 Å². The summed E-state index contributed by atoms with van der Waals surface area (Å²) < 4.78 is 32.7. The predicted octanol–water partition coefficient (Wildman–Crippen LogP) is 0.657. The van der Waals surface area contributed by atoms with E-state index in [1.54, 1.807) is 6.92 Å². The van der Waals surface area contributed by atoms with Crippen molar-refractivity contribution in [1.82, 2.24) is 5.32 Å². The average Bonchev–Trinajstić information content (AvgIpc) is 2.35. The maximum Gasteiger partial charge on any atom is 0.407 e. The Morgan fingerprint density at radius 3 is 2.40 bits per heavy atom. The Balaban J connectivity index is 4.11. The van der Waals surface area contributed by atoms with Gasteiger partial charge in [-0.05, 0) is 13.3 Å². The summed E-state index contributed by atoms with van der Waals surface area (Å²) in [4.78, 5) is 22.3. The maximum atomic E-state index is 11.7. The van der Waals surface area contributed by atoms with Crippen molar-refractivity contribution < 1.29 is 27.5 Å². The second-order valence-electron chi connectivity index (χ2n) is 3.98. The third kappa shape index (κ3) is 8.52. The lowest BCUT2D eigenvalue weighted by Crippen LogP contribution is -2.28. The Morgan fingerprint density at radius 1 is 1.20 bits per heavy atom. The van der Waals surface area contributed by atoms with E-state index in [1.807, 2.05) is 6.92 Å². The molecule has 0 aliphatic rings. The van der Waals surface area contributed by atoms with Crippen molar-refractivity contribution in [3.05, 3.63) is 12.2 Å². The molecule has 8 heteroatoms. The fourth-order valence-corrected chi connectivity index (χ4v) is 2.30. The quantitative estimate of drug-likeness (QED) is 0.496. The highest BCUT2D eigenvalue weighted by molar-refractivity contribution is 7.91. The van der Waals surface area contributed by atoms with Gasteiger partial charge >= 0.3 is 12.1 Å². The number of hydrogen-bond acceptors (Lipinski definition) is 6. The van der Waals surface area contributed by atoms with Crippen molar-refractivity contribution in [3.63, 3.8) is 0 Å². The van der Waals surface area contributed by atoms with E-state index < -0.39 is 27.7 Å². The first kappa shape index (κ1) is 18.4. The van der Waals surface area contributed by atoms with Gasteiger partial charge in [0.05, 0.1) is 18.1 Å². The van der Waals surface area contributed by atoms with Crippen molar-refractivity contribution in [2.24, 2.45) is 0 Å². The third-order valence-corrected chi connectivity index (χ3v) is 3.68. The largest absolute Gasteiger partial charge is 0.463 e. The van der Waals surface area contributed by atoms with Crippen LogP contribution in [0.1, 0.15) is 20.3 Å². The smallest absolute Gasteiger partial charge is 0.407 e. The molecule has 1 N–H and O–H groups in total. The van der Waals surface area contributed by atoms with Gasteiger partial charge in [-0.15, -0.1) is 0 Å². The van der Waals surface area contributed by atoms with Crippen LogP contribution in [0.5, 0.6) is 0 Å². The minimum atomic E-state index is -3.57. The normalized spacial score (nSPS) is 10.7. The third-order valence-electron chi connectivity index (χ3n) is 2.11. The van der Waals surface area contributed by atoms with Crippen molar-refractivity contribution in [1.29, 1.82) is 0 Å². The van der Waals surface area contributed by atoms with Crippen LogP contribution in [0.25, 0.3) is 0 Å². The van der Waals surface area contributed by atoms with E-state index in [9.17, 15) is 18.0 Å². The Labute approximate surface area is 119 Å². The van der Waals surface area contributed by atoms with E-state index in [0.717, 1.165) is 6.42 Å². The average molecular weight is 307 g/mol. The molecule has 0 aromatic rings. The monoisotopic (exact) mass is 307 g/mol. The summed E-state index contributed by atoms with van der Waals surface area (Å²) in [5.41, 5.74) is -0.137. The molecule has 7 nitrogen and oxygen atoms in total. The standard InChI is InChI=1S/C12H21NO6S/c1-4-6-13-12(15)19-7-8-20(16,17)9-10(3)11(14)18-5-2/h3-9H2,1-2H3,(H,13,15). The topological polar surface area (TPSA) is 98.8 Å². The summed E-state index contributed by atoms with van der Waals surface area (Å²) >= 11 is 0. The van der Waals surface area contributed by atoms with Crippen LogP contribution in [0, 0.1) is 0 Å². The van der Waals surface area contributed by atoms with E-state index in [1.165, 1.54) is 0 Å². The molecule has 0 aliphatic heterocycles. The number of rotatable bonds is 9. The summed E-state index contributed by atoms with van der Waals surface area (Å²) in [7, 11) is -3.57. The van der Waals surface area contributed by atoms with Crippen LogP contribution in [0.15, 0.2) is 12.2 Å². The number of nitrogens with one attached hydrogen (secondary N) is 1. The molecule has 0 bridgehead atoms. The first-order valence-electron chi connectivity index (χ1n) is 6.28. The van der Waals surface area contributed by atoms with Gasteiger partial charge in [-0.3, -0.25) is 0 Å². The highest BCUT2D eigenvalue weighted by atomic mass is 32.2. The Hall–Kier alpha value is -1.57. The number of carbonyl (C=O) groups is 2. The van der Waals surface area contributed by atoms with Crippen LogP contribution in [0.2, 0.25) is 0 Å². The summed E-state index contributed by atoms with van der Waals surface area (Å²) in [5.74, 6) is -1.62. The molecule has 0 atom stereocenters. The molecule has 116 valence electrons. The molecule has 0 spiro atoms. The van der Waals surface area contributed by atoms with E-state index in [4.69, 9.17) is 4.74 Å². The van der Waals surface area contributed by atoms with Crippen LogP contribution in [0.4, 0.5) is 4.79 Å². The molecule has 0 unspecified atom stereocenters. The van der Waals surface area contributed by atoms with Crippen LogP contribution >= 0.6 is 0 Å². The van der Waals surface area contributed by atoms with Crippen molar-refractivity contribution in [2.75, 3.05) is 31.3 Å². The number of amides is 1. The van der Waals surface area contributed by atoms with Gasteiger partial charge in [0.15, 0.2) is 9.84 Å². The fourth-order valence-electron chi connectivity index (χ4n) is 1.17. The van der Waals surface area contributed by atoms with Crippen molar-refractivity contribution in [2.45, 2.75) is 20.3 Å².